The van der Waals surface area contributed by atoms with Crippen LogP contribution in [-0.2, 0) is 6.42 Å². The van der Waals surface area contributed by atoms with Gasteiger partial charge < -0.3 is 29.8 Å². The van der Waals surface area contributed by atoms with E-state index in [-0.39, 0.29) is 52.4 Å². The molecule has 0 bridgehead atoms. The van der Waals surface area contributed by atoms with E-state index in [2.05, 4.69) is 37.0 Å². The molecule has 0 amide bonds. The average molecular weight is 566 g/mol. The first-order chi connectivity index (χ1) is 20.3. The third-order valence-corrected chi connectivity index (χ3v) is 8.38. The molecule has 0 saturated carbocycles. The summed E-state index contributed by atoms with van der Waals surface area (Å²) in [4.78, 5) is 15.7. The summed E-state index contributed by atoms with van der Waals surface area (Å²) in [6.07, 6.45) is 3.57. The van der Waals surface area contributed by atoms with Crippen molar-refractivity contribution in [1.82, 2.24) is 4.98 Å². The Balaban J connectivity index is 1.51. The molecular weight excluding hydrogens is 530 g/mol. The number of methoxy groups -OCH3 is 1. The molecule has 42 heavy (non-hydrogen) atoms. The van der Waals surface area contributed by atoms with Gasteiger partial charge in [0.1, 0.15) is 24.0 Å². The number of fused-ring (bicyclic) bond motifs is 4. The van der Waals surface area contributed by atoms with Crippen LogP contribution in [0.2, 0.25) is 0 Å². The molecule has 1 aliphatic rings. The van der Waals surface area contributed by atoms with Gasteiger partial charge in [0.15, 0.2) is 17.1 Å². The number of carbonyl (C=O) groups excluding carboxylic acids is 1. The minimum absolute atomic E-state index is 0.0507. The fraction of sp³-hybridized carbons (Fsp3) is 0.286. The number of ketones is 1. The number of hydrogen-bond donors (Lipinski definition) is 3. The van der Waals surface area contributed by atoms with Crippen molar-refractivity contribution in [2.45, 2.75) is 51.6 Å². The molecule has 1 aromatic heterocycles. The summed E-state index contributed by atoms with van der Waals surface area (Å²) < 4.78 is 12.0. The average Bonchev–Trinajstić information content (AvgIpc) is 3.46. The predicted octanol–water partition coefficient (Wildman–Crippen LogP) is 7.25. The Morgan fingerprint density at radius 3 is 2.45 bits per heavy atom. The number of rotatable bonds is 8. The molecule has 2 heterocycles. The van der Waals surface area contributed by atoms with Crippen LogP contribution in [0, 0.1) is 5.92 Å². The van der Waals surface area contributed by atoms with Crippen LogP contribution in [-0.4, -0.2) is 33.0 Å². The van der Waals surface area contributed by atoms with Crippen LogP contribution in [0.4, 0.5) is 0 Å². The third-order valence-electron chi connectivity index (χ3n) is 8.38. The van der Waals surface area contributed by atoms with Crippen molar-refractivity contribution in [1.29, 1.82) is 0 Å². The molecule has 2 atom stereocenters. The van der Waals surface area contributed by atoms with Crippen molar-refractivity contribution < 1.29 is 29.6 Å². The molecule has 0 aliphatic carbocycles. The zero-order valence-corrected chi connectivity index (χ0v) is 24.0. The monoisotopic (exact) mass is 565 g/mol. The number of nitrogens with zero attached hydrogens (tertiary/aromatic N) is 1. The highest BCUT2D eigenvalue weighted by atomic mass is 16.5. The van der Waals surface area contributed by atoms with Crippen molar-refractivity contribution in [3.63, 3.8) is 0 Å². The van der Waals surface area contributed by atoms with Gasteiger partial charge in [-0.15, -0.1) is 5.52 Å². The summed E-state index contributed by atoms with van der Waals surface area (Å²) >= 11 is 0. The maximum atomic E-state index is 11.6. The second kappa shape index (κ2) is 11.0. The number of ether oxygens (including phenoxy) is 2. The van der Waals surface area contributed by atoms with Crippen LogP contribution in [0.5, 0.6) is 28.7 Å². The van der Waals surface area contributed by atoms with Gasteiger partial charge in [0.2, 0.25) is 5.75 Å². The molecular formula is C35H35NO6. The van der Waals surface area contributed by atoms with Gasteiger partial charge in [0.25, 0.3) is 0 Å². The fourth-order valence-electron chi connectivity index (χ4n) is 6.24. The molecule has 5 aromatic rings. The van der Waals surface area contributed by atoms with E-state index in [0.29, 0.717) is 17.9 Å². The van der Waals surface area contributed by atoms with E-state index in [1.165, 1.54) is 7.11 Å². The molecule has 7 nitrogen and oxygen atoms in total. The normalized spacial score (nSPS) is 15.6. The van der Waals surface area contributed by atoms with Crippen LogP contribution < -0.4 is 14.5 Å². The lowest BCUT2D eigenvalue weighted by Gasteiger charge is -2.30. The van der Waals surface area contributed by atoms with Crippen LogP contribution >= 0.6 is 0 Å². The zero-order chi connectivity index (χ0) is 29.5. The third kappa shape index (κ3) is 4.79. The molecule has 0 spiro atoms. The van der Waals surface area contributed by atoms with Crippen LogP contribution in [0.25, 0.3) is 21.7 Å². The van der Waals surface area contributed by atoms with Gasteiger partial charge in [0, 0.05) is 5.56 Å². The molecule has 6 rings (SSSR count). The Labute approximate surface area is 244 Å². The standard InChI is InChI=1S/C35H34NO6/c1-19(2)7-8-22(17-21-5-4-6-25-24(21)13-14-27-26(25)15-16-36-27)30-32(39)35(41-3)33(40)31-28(38)18-29(42-34(30)31)20-9-11-23(37)12-10-20/h4-6,9-16,19,22,29,37H,7-8,17-18H2,1-3H3,(H2,38,39,40)/q-1/p+1/t22-,29?/m1/s1. The van der Waals surface area contributed by atoms with E-state index in [9.17, 15) is 20.1 Å². The van der Waals surface area contributed by atoms with Crippen molar-refractivity contribution in [2.75, 3.05) is 7.11 Å². The maximum absolute atomic E-state index is 11.6. The van der Waals surface area contributed by atoms with Crippen molar-refractivity contribution in [3.8, 4) is 28.7 Å². The van der Waals surface area contributed by atoms with E-state index < -0.39 is 6.10 Å². The molecule has 0 saturated heterocycles. The lowest BCUT2D eigenvalue weighted by Crippen LogP contribution is -2.23. The first-order valence-electron chi connectivity index (χ1n) is 14.3. The summed E-state index contributed by atoms with van der Waals surface area (Å²) in [6.45, 7) is 4.33. The van der Waals surface area contributed by atoms with Gasteiger partial charge in [-0.05, 0) is 64.1 Å². The Kier molecular flexibility index (Phi) is 7.19. The molecule has 7 heteroatoms. The minimum atomic E-state index is -0.578. The SMILES string of the molecule is COc1c(O)c2c(c([C@H](CCC(C)C)Cc3cccc4c3ccc3[n-]ccc34)c1O)OC(c1ccc(O)cc1)CC2=[OH+]. The Bertz CT molecular complexity index is 1790. The van der Waals surface area contributed by atoms with E-state index >= 15 is 0 Å². The highest BCUT2D eigenvalue weighted by Crippen LogP contribution is 2.55. The molecule has 1 unspecified atom stereocenters. The molecule has 0 fully saturated rings. The second-order valence-electron chi connectivity index (χ2n) is 11.5. The summed E-state index contributed by atoms with van der Waals surface area (Å²) in [5, 5.41) is 35.9. The summed E-state index contributed by atoms with van der Waals surface area (Å²) in [5.41, 5.74) is 3.47. The highest BCUT2D eigenvalue weighted by molar-refractivity contribution is 6.07. The van der Waals surface area contributed by atoms with Gasteiger partial charge in [-0.3, -0.25) is 4.79 Å². The quantitative estimate of drug-likeness (QED) is 0.171. The Hall–Kier alpha value is -4.65. The van der Waals surface area contributed by atoms with E-state index in [0.717, 1.165) is 45.6 Å². The van der Waals surface area contributed by atoms with Crippen LogP contribution in [0.3, 0.4) is 0 Å². The number of phenols is 3. The van der Waals surface area contributed by atoms with Gasteiger partial charge in [-0.1, -0.05) is 68.8 Å². The molecule has 1 aliphatic heterocycles. The Morgan fingerprint density at radius 1 is 0.929 bits per heavy atom. The Morgan fingerprint density at radius 2 is 1.71 bits per heavy atom. The smallest absolute Gasteiger partial charge is 0.335 e. The topological polar surface area (TPSA) is 115 Å². The number of aromatic nitrogens is 1. The lowest BCUT2D eigenvalue weighted by molar-refractivity contribution is 0.195. The first kappa shape index (κ1) is 27.5. The van der Waals surface area contributed by atoms with Crippen molar-refractivity contribution in [3.05, 3.63) is 89.1 Å². The second-order valence-corrected chi connectivity index (χ2v) is 11.5. The minimum Gasteiger partial charge on any atom is -0.664 e. The van der Waals surface area contributed by atoms with E-state index in [4.69, 9.17) is 9.47 Å². The van der Waals surface area contributed by atoms with E-state index in [1.807, 2.05) is 24.4 Å². The van der Waals surface area contributed by atoms with Gasteiger partial charge >= 0.3 is 5.78 Å². The van der Waals surface area contributed by atoms with Crippen LogP contribution in [0.1, 0.15) is 67.4 Å². The van der Waals surface area contributed by atoms with Gasteiger partial charge in [-0.2, -0.15) is 6.20 Å². The summed E-state index contributed by atoms with van der Waals surface area (Å²) in [6, 6.07) is 19.0. The number of hydrogen-bond acceptors (Lipinski definition) is 5. The first-order valence-corrected chi connectivity index (χ1v) is 14.3. The molecule has 0 radical (unpaired) electrons. The molecule has 216 valence electrons. The van der Waals surface area contributed by atoms with Crippen molar-refractivity contribution >= 4 is 27.5 Å². The highest BCUT2D eigenvalue weighted by Gasteiger charge is 2.41. The van der Waals surface area contributed by atoms with Gasteiger partial charge in [-0.25, -0.2) is 0 Å². The van der Waals surface area contributed by atoms with E-state index in [1.54, 1.807) is 24.3 Å². The van der Waals surface area contributed by atoms with Gasteiger partial charge in [0.05, 0.1) is 7.11 Å². The fourth-order valence-corrected chi connectivity index (χ4v) is 6.24. The predicted molar refractivity (Wildman–Crippen MR) is 164 cm³/mol. The summed E-state index contributed by atoms with van der Waals surface area (Å²) in [7, 11) is 1.39. The van der Waals surface area contributed by atoms with Crippen molar-refractivity contribution in [2.24, 2.45) is 5.92 Å². The number of aromatic hydroxyl groups is 3. The number of benzene rings is 4. The van der Waals surface area contributed by atoms with Crippen LogP contribution in [0.15, 0.2) is 66.9 Å². The molecule has 4 aromatic carbocycles. The number of phenolic OH excluding ortho intramolecular Hbond substituents is 3. The maximum Gasteiger partial charge on any atom is 0.335 e. The molecule has 4 N–H and O–H groups in total. The summed E-state index contributed by atoms with van der Waals surface area (Å²) in [5.74, 6) is -0.103. The lowest BCUT2D eigenvalue weighted by atomic mass is 9.81. The largest absolute Gasteiger partial charge is 0.664 e. The zero-order valence-electron chi connectivity index (χ0n) is 24.0.